The van der Waals surface area contributed by atoms with Crippen LogP contribution in [0, 0.1) is 0 Å². The van der Waals surface area contributed by atoms with Crippen molar-refractivity contribution < 1.29 is 9.67 Å². The van der Waals surface area contributed by atoms with Crippen molar-refractivity contribution in [2.24, 2.45) is 0 Å². The van der Waals surface area contributed by atoms with E-state index in [0.717, 1.165) is 42.0 Å². The highest BCUT2D eigenvalue weighted by molar-refractivity contribution is 7.79. The van der Waals surface area contributed by atoms with E-state index in [1.807, 2.05) is 98.0 Å². The summed E-state index contributed by atoms with van der Waals surface area (Å²) in [6.45, 7) is 0. The van der Waals surface area contributed by atoms with Gasteiger partial charge in [0.25, 0.3) is 0 Å². The SMILES string of the molecule is CN(c1ccccc1)C(C1(O)CCCCCC1)P(=O)(c1ccccc1)c1ccccc1. The van der Waals surface area contributed by atoms with Crippen LogP contribution in [-0.2, 0) is 4.57 Å². The second kappa shape index (κ2) is 9.42. The molecule has 1 unspecified atom stereocenters. The number of aliphatic hydroxyl groups is 1. The monoisotopic (exact) mass is 433 g/mol. The maximum absolute atomic E-state index is 15.3. The Hall–Kier alpha value is -2.35. The van der Waals surface area contributed by atoms with Gasteiger partial charge in [0.1, 0.15) is 5.78 Å². The fourth-order valence-corrected chi connectivity index (χ4v) is 8.73. The summed E-state index contributed by atoms with van der Waals surface area (Å²) in [7, 11) is -1.25. The number of hydrogen-bond acceptors (Lipinski definition) is 3. The number of para-hydroxylation sites is 1. The van der Waals surface area contributed by atoms with Gasteiger partial charge in [-0.1, -0.05) is 105 Å². The molecule has 0 aliphatic heterocycles. The highest BCUT2D eigenvalue weighted by Crippen LogP contribution is 2.56. The Kier molecular flexibility index (Phi) is 6.65. The molecule has 1 aliphatic rings. The number of likely N-dealkylation sites (N-methyl/N-ethyl adjacent to an activating group) is 1. The van der Waals surface area contributed by atoms with Crippen molar-refractivity contribution in [3.05, 3.63) is 91.0 Å². The van der Waals surface area contributed by atoms with Crippen molar-refractivity contribution in [2.75, 3.05) is 11.9 Å². The van der Waals surface area contributed by atoms with Gasteiger partial charge in [0.15, 0.2) is 7.14 Å². The largest absolute Gasteiger partial charge is 0.387 e. The number of benzene rings is 3. The molecule has 0 radical (unpaired) electrons. The molecule has 0 bridgehead atoms. The Morgan fingerprint density at radius 1 is 0.742 bits per heavy atom. The normalized spacial score (nSPS) is 17.5. The fraction of sp³-hybridized carbons (Fsp3) is 0.333. The molecule has 162 valence electrons. The van der Waals surface area contributed by atoms with E-state index in [2.05, 4.69) is 4.90 Å². The lowest BCUT2D eigenvalue weighted by Crippen LogP contribution is -2.54. The van der Waals surface area contributed by atoms with Gasteiger partial charge in [-0.25, -0.2) is 0 Å². The van der Waals surface area contributed by atoms with E-state index in [4.69, 9.17) is 0 Å². The Labute approximate surface area is 186 Å². The van der Waals surface area contributed by atoms with Gasteiger partial charge in [-0.3, -0.25) is 0 Å². The number of rotatable bonds is 6. The lowest BCUT2D eigenvalue weighted by Gasteiger charge is -2.46. The third-order valence-corrected chi connectivity index (χ3v) is 10.3. The molecular formula is C27H32NO2P. The van der Waals surface area contributed by atoms with Gasteiger partial charge < -0.3 is 14.6 Å². The van der Waals surface area contributed by atoms with E-state index in [9.17, 15) is 5.11 Å². The van der Waals surface area contributed by atoms with Crippen LogP contribution >= 0.6 is 7.14 Å². The van der Waals surface area contributed by atoms with Gasteiger partial charge in [0.05, 0.1) is 5.60 Å². The molecule has 3 aromatic carbocycles. The molecule has 0 saturated heterocycles. The number of anilines is 1. The van der Waals surface area contributed by atoms with Crippen molar-refractivity contribution >= 4 is 23.4 Å². The first-order valence-electron chi connectivity index (χ1n) is 11.3. The zero-order chi connectivity index (χ0) is 21.7. The third-order valence-electron chi connectivity index (χ3n) is 6.60. The minimum atomic E-state index is -3.23. The molecule has 3 nitrogen and oxygen atoms in total. The molecule has 3 aromatic rings. The Morgan fingerprint density at radius 3 is 1.61 bits per heavy atom. The molecule has 1 aliphatic carbocycles. The van der Waals surface area contributed by atoms with Gasteiger partial charge in [-0.05, 0) is 25.0 Å². The summed E-state index contributed by atoms with van der Waals surface area (Å²) in [6.07, 6.45) is 5.48. The highest BCUT2D eigenvalue weighted by Gasteiger charge is 2.51. The highest BCUT2D eigenvalue weighted by atomic mass is 31.2. The predicted molar refractivity (Wildman–Crippen MR) is 131 cm³/mol. The minimum Gasteiger partial charge on any atom is -0.387 e. The molecule has 1 saturated carbocycles. The van der Waals surface area contributed by atoms with Crippen molar-refractivity contribution in [3.63, 3.8) is 0 Å². The van der Waals surface area contributed by atoms with Gasteiger partial charge in [0.2, 0.25) is 0 Å². The predicted octanol–water partition coefficient (Wildman–Crippen LogP) is 5.55. The fourth-order valence-electron chi connectivity index (χ4n) is 5.08. The Bertz CT molecular complexity index is 956. The third kappa shape index (κ3) is 4.35. The summed E-state index contributed by atoms with van der Waals surface area (Å²) in [5, 5.41) is 13.8. The average molecular weight is 434 g/mol. The van der Waals surface area contributed by atoms with Gasteiger partial charge >= 0.3 is 0 Å². The molecular weight excluding hydrogens is 401 g/mol. The van der Waals surface area contributed by atoms with Crippen LogP contribution in [0.2, 0.25) is 0 Å². The molecule has 1 atom stereocenters. The molecule has 4 rings (SSSR count). The molecule has 0 aromatic heterocycles. The summed E-state index contributed by atoms with van der Waals surface area (Å²) in [5.41, 5.74) is -0.0697. The van der Waals surface area contributed by atoms with E-state index in [0.29, 0.717) is 12.8 Å². The number of hydrogen-bond donors (Lipinski definition) is 1. The van der Waals surface area contributed by atoms with Crippen LogP contribution in [0.1, 0.15) is 38.5 Å². The summed E-state index contributed by atoms with van der Waals surface area (Å²) in [5.74, 6) is -0.551. The first kappa shape index (κ1) is 21.9. The standard InChI is InChI=1S/C27H32NO2P/c1-28(23-15-7-4-8-16-23)26(27(29)21-13-2-3-14-22-27)31(30,24-17-9-5-10-18-24)25-19-11-6-12-20-25/h4-12,15-20,26,29H,2-3,13-14,21-22H2,1H3. The summed E-state index contributed by atoms with van der Waals surface area (Å²) in [6, 6.07) is 29.6. The second-order valence-electron chi connectivity index (χ2n) is 8.67. The molecule has 0 amide bonds. The van der Waals surface area contributed by atoms with Crippen molar-refractivity contribution in [3.8, 4) is 0 Å². The number of nitrogens with zero attached hydrogens (tertiary/aromatic N) is 1. The van der Waals surface area contributed by atoms with Gasteiger partial charge in [0, 0.05) is 23.3 Å². The zero-order valence-electron chi connectivity index (χ0n) is 18.2. The Balaban J connectivity index is 1.95. The quantitative estimate of drug-likeness (QED) is 0.409. The molecule has 0 heterocycles. The van der Waals surface area contributed by atoms with E-state index < -0.39 is 18.5 Å². The van der Waals surface area contributed by atoms with E-state index in [-0.39, 0.29) is 0 Å². The molecule has 31 heavy (non-hydrogen) atoms. The maximum atomic E-state index is 15.3. The van der Waals surface area contributed by atoms with Crippen molar-refractivity contribution in [1.29, 1.82) is 0 Å². The molecule has 1 N–H and O–H groups in total. The van der Waals surface area contributed by atoms with Crippen LogP contribution in [0.3, 0.4) is 0 Å². The first-order chi connectivity index (χ1) is 15.1. The van der Waals surface area contributed by atoms with Crippen LogP contribution in [0.5, 0.6) is 0 Å². The van der Waals surface area contributed by atoms with Crippen LogP contribution in [0.25, 0.3) is 0 Å². The topological polar surface area (TPSA) is 40.5 Å². The molecule has 4 heteroatoms. The summed E-state index contributed by atoms with van der Waals surface area (Å²) in [4.78, 5) is 2.08. The van der Waals surface area contributed by atoms with Gasteiger partial charge in [-0.15, -0.1) is 0 Å². The average Bonchev–Trinajstić information content (AvgIpc) is 3.05. The lowest BCUT2D eigenvalue weighted by atomic mass is 9.93. The summed E-state index contributed by atoms with van der Waals surface area (Å²) < 4.78 is 15.3. The summed E-state index contributed by atoms with van der Waals surface area (Å²) >= 11 is 0. The van der Waals surface area contributed by atoms with Crippen molar-refractivity contribution in [2.45, 2.75) is 49.9 Å². The maximum Gasteiger partial charge on any atom is 0.167 e. The van der Waals surface area contributed by atoms with Gasteiger partial charge in [-0.2, -0.15) is 0 Å². The van der Waals surface area contributed by atoms with E-state index in [1.165, 1.54) is 0 Å². The smallest absolute Gasteiger partial charge is 0.167 e. The second-order valence-corrected chi connectivity index (χ2v) is 11.5. The minimum absolute atomic E-state index is 0.551. The van der Waals surface area contributed by atoms with Crippen LogP contribution in [0.15, 0.2) is 91.0 Å². The van der Waals surface area contributed by atoms with E-state index in [1.54, 1.807) is 0 Å². The molecule has 1 fully saturated rings. The zero-order valence-corrected chi connectivity index (χ0v) is 19.1. The van der Waals surface area contributed by atoms with Crippen LogP contribution in [0.4, 0.5) is 5.69 Å². The van der Waals surface area contributed by atoms with Crippen molar-refractivity contribution in [1.82, 2.24) is 0 Å². The Morgan fingerprint density at radius 2 is 1.16 bits per heavy atom. The molecule has 0 spiro atoms. The first-order valence-corrected chi connectivity index (χ1v) is 13.0. The lowest BCUT2D eigenvalue weighted by molar-refractivity contribution is 0.0205. The van der Waals surface area contributed by atoms with Crippen LogP contribution in [-0.4, -0.2) is 23.5 Å². The van der Waals surface area contributed by atoms with Crippen LogP contribution < -0.4 is 15.5 Å². The van der Waals surface area contributed by atoms with E-state index >= 15 is 4.57 Å².